The van der Waals surface area contributed by atoms with E-state index >= 15 is 0 Å². The van der Waals surface area contributed by atoms with Gasteiger partial charge in [0.1, 0.15) is 0 Å². The topological polar surface area (TPSA) is 0 Å². The van der Waals surface area contributed by atoms with E-state index < -0.39 is 0 Å². The van der Waals surface area contributed by atoms with E-state index in [-0.39, 0.29) is 0 Å². The molecule has 0 aromatic heterocycles. The van der Waals surface area contributed by atoms with Crippen molar-refractivity contribution in [3.8, 4) is 0 Å². The van der Waals surface area contributed by atoms with Crippen molar-refractivity contribution in [3.63, 3.8) is 0 Å². The van der Waals surface area contributed by atoms with Crippen LogP contribution >= 0.6 is 0 Å². The van der Waals surface area contributed by atoms with Crippen LogP contribution in [0.3, 0.4) is 0 Å². The molecule has 0 amide bonds. The Labute approximate surface area is 155 Å². The molecule has 0 unspecified atom stereocenters. The second kappa shape index (κ2) is 14.2. The van der Waals surface area contributed by atoms with Gasteiger partial charge in [-0.3, -0.25) is 0 Å². The summed E-state index contributed by atoms with van der Waals surface area (Å²) in [6, 6.07) is 0. The van der Waals surface area contributed by atoms with Gasteiger partial charge >= 0.3 is 0 Å². The minimum absolute atomic E-state index is 0.668. The molecule has 0 atom stereocenters. The molecule has 0 N–H and O–H groups in total. The standard InChI is InChI=1S/C24H50/c1-7-15-23(16-8-2,17-9-3)21-13-14-22-24(18-10-4,19-11-5)20-12-6/h7-22H2,1-6H3. The van der Waals surface area contributed by atoms with E-state index in [1.165, 1.54) is 103 Å². The Kier molecular flexibility index (Phi) is 14.2. The van der Waals surface area contributed by atoms with Crippen molar-refractivity contribution >= 4 is 0 Å². The van der Waals surface area contributed by atoms with Gasteiger partial charge < -0.3 is 0 Å². The predicted octanol–water partition coefficient (Wildman–Crippen LogP) is 9.32. The van der Waals surface area contributed by atoms with Crippen LogP contribution in [0, 0.1) is 10.8 Å². The Bertz CT molecular complexity index is 203. The van der Waals surface area contributed by atoms with E-state index in [0.717, 1.165) is 0 Å². The van der Waals surface area contributed by atoms with Crippen LogP contribution in [0.25, 0.3) is 0 Å². The summed E-state index contributed by atoms with van der Waals surface area (Å²) < 4.78 is 0. The van der Waals surface area contributed by atoms with Crippen LogP contribution < -0.4 is 0 Å². The van der Waals surface area contributed by atoms with Crippen molar-refractivity contribution in [1.82, 2.24) is 0 Å². The summed E-state index contributed by atoms with van der Waals surface area (Å²) in [4.78, 5) is 0. The first-order valence-corrected chi connectivity index (χ1v) is 11.6. The predicted molar refractivity (Wildman–Crippen MR) is 113 cm³/mol. The normalized spacial score (nSPS) is 12.8. The fourth-order valence-electron chi connectivity index (χ4n) is 5.68. The van der Waals surface area contributed by atoms with Gasteiger partial charge in [-0.1, -0.05) is 92.9 Å². The Hall–Kier alpha value is 0. The van der Waals surface area contributed by atoms with Gasteiger partial charge in [0.25, 0.3) is 0 Å². The molecule has 0 aliphatic heterocycles. The van der Waals surface area contributed by atoms with Crippen LogP contribution in [0.4, 0.5) is 0 Å². The van der Waals surface area contributed by atoms with Gasteiger partial charge in [-0.05, 0) is 62.2 Å². The lowest BCUT2D eigenvalue weighted by Gasteiger charge is -2.36. The third kappa shape index (κ3) is 8.91. The number of hydrogen-bond acceptors (Lipinski definition) is 0. The van der Waals surface area contributed by atoms with Gasteiger partial charge in [-0.25, -0.2) is 0 Å². The quantitative estimate of drug-likeness (QED) is 0.232. The highest BCUT2D eigenvalue weighted by Gasteiger charge is 2.29. The maximum atomic E-state index is 2.38. The van der Waals surface area contributed by atoms with E-state index in [1.54, 1.807) is 0 Å². The van der Waals surface area contributed by atoms with Crippen molar-refractivity contribution < 1.29 is 0 Å². The summed E-state index contributed by atoms with van der Waals surface area (Å²) in [5.74, 6) is 0. The van der Waals surface area contributed by atoms with Gasteiger partial charge in [0, 0.05) is 0 Å². The fourth-order valence-corrected chi connectivity index (χ4v) is 5.68. The maximum absolute atomic E-state index is 2.38. The van der Waals surface area contributed by atoms with Crippen molar-refractivity contribution in [2.75, 3.05) is 0 Å². The summed E-state index contributed by atoms with van der Waals surface area (Å²) >= 11 is 0. The monoisotopic (exact) mass is 338 g/mol. The largest absolute Gasteiger partial charge is 0.0654 e. The van der Waals surface area contributed by atoms with Crippen LogP contribution in [0.5, 0.6) is 0 Å². The lowest BCUT2D eigenvalue weighted by molar-refractivity contribution is 0.161. The van der Waals surface area contributed by atoms with Crippen LogP contribution in [-0.2, 0) is 0 Å². The zero-order chi connectivity index (χ0) is 18.3. The minimum Gasteiger partial charge on any atom is -0.0654 e. The summed E-state index contributed by atoms with van der Waals surface area (Å²) in [5.41, 5.74) is 1.34. The molecule has 0 aromatic rings. The summed E-state index contributed by atoms with van der Waals surface area (Å²) in [7, 11) is 0. The molecule has 0 spiro atoms. The zero-order valence-corrected chi connectivity index (χ0v) is 18.3. The van der Waals surface area contributed by atoms with E-state index in [1.807, 2.05) is 0 Å². The average Bonchev–Trinajstić information content (AvgIpc) is 2.53. The molecule has 0 bridgehead atoms. The van der Waals surface area contributed by atoms with Gasteiger partial charge in [-0.15, -0.1) is 0 Å². The second-order valence-electron chi connectivity index (χ2n) is 8.71. The number of unbranched alkanes of at least 4 members (excludes halogenated alkanes) is 1. The SMILES string of the molecule is CCCC(CCC)(CCC)CCCCC(CCC)(CCC)CCC. The van der Waals surface area contributed by atoms with Crippen LogP contribution in [0.15, 0.2) is 0 Å². The third-order valence-corrected chi connectivity index (χ3v) is 6.35. The van der Waals surface area contributed by atoms with Crippen LogP contribution in [0.2, 0.25) is 0 Å². The van der Waals surface area contributed by atoms with Gasteiger partial charge in [0.05, 0.1) is 0 Å². The number of hydrogen-bond donors (Lipinski definition) is 0. The summed E-state index contributed by atoms with van der Waals surface area (Å²) in [6.45, 7) is 14.3. The fraction of sp³-hybridized carbons (Fsp3) is 1.00. The minimum atomic E-state index is 0.668. The first kappa shape index (κ1) is 24.0. The van der Waals surface area contributed by atoms with E-state index in [4.69, 9.17) is 0 Å². The van der Waals surface area contributed by atoms with Crippen LogP contribution in [0.1, 0.15) is 144 Å². The molecule has 0 saturated carbocycles. The molecule has 0 aliphatic rings. The Morgan fingerprint density at radius 3 is 0.708 bits per heavy atom. The molecule has 0 aliphatic carbocycles. The highest BCUT2D eigenvalue weighted by molar-refractivity contribution is 4.81. The third-order valence-electron chi connectivity index (χ3n) is 6.35. The molecule has 0 saturated heterocycles. The smallest absolute Gasteiger partial charge is 0.0298 e. The molecule has 0 radical (unpaired) electrons. The Morgan fingerprint density at radius 2 is 0.542 bits per heavy atom. The van der Waals surface area contributed by atoms with E-state index in [9.17, 15) is 0 Å². The first-order valence-electron chi connectivity index (χ1n) is 11.6. The van der Waals surface area contributed by atoms with E-state index in [2.05, 4.69) is 41.5 Å². The summed E-state index contributed by atoms with van der Waals surface area (Å²) in [5, 5.41) is 0. The second-order valence-corrected chi connectivity index (χ2v) is 8.71. The molecule has 0 fully saturated rings. The van der Waals surface area contributed by atoms with Gasteiger partial charge in [-0.2, -0.15) is 0 Å². The van der Waals surface area contributed by atoms with Crippen LogP contribution in [-0.4, -0.2) is 0 Å². The number of rotatable bonds is 17. The molecule has 0 heteroatoms. The van der Waals surface area contributed by atoms with Crippen molar-refractivity contribution in [3.05, 3.63) is 0 Å². The maximum Gasteiger partial charge on any atom is -0.0298 e. The molecule has 0 heterocycles. The van der Waals surface area contributed by atoms with Gasteiger partial charge in [0.15, 0.2) is 0 Å². The molecule has 146 valence electrons. The molecular formula is C24H50. The average molecular weight is 339 g/mol. The molecule has 0 aromatic carbocycles. The first-order chi connectivity index (χ1) is 11.6. The highest BCUT2D eigenvalue weighted by Crippen LogP contribution is 2.43. The lowest BCUT2D eigenvalue weighted by atomic mass is 9.69. The molecular weight excluding hydrogens is 288 g/mol. The van der Waals surface area contributed by atoms with E-state index in [0.29, 0.717) is 10.8 Å². The molecule has 0 rings (SSSR count). The summed E-state index contributed by atoms with van der Waals surface area (Å²) in [6.07, 6.45) is 22.9. The Morgan fingerprint density at radius 1 is 0.333 bits per heavy atom. The van der Waals surface area contributed by atoms with Crippen molar-refractivity contribution in [2.24, 2.45) is 10.8 Å². The highest BCUT2D eigenvalue weighted by atomic mass is 14.3. The molecule has 24 heavy (non-hydrogen) atoms. The lowest BCUT2D eigenvalue weighted by Crippen LogP contribution is -2.22. The Balaban J connectivity index is 4.64. The molecule has 0 nitrogen and oxygen atoms in total. The van der Waals surface area contributed by atoms with Crippen molar-refractivity contribution in [1.29, 1.82) is 0 Å². The van der Waals surface area contributed by atoms with Gasteiger partial charge in [0.2, 0.25) is 0 Å². The zero-order valence-electron chi connectivity index (χ0n) is 18.3. The van der Waals surface area contributed by atoms with Crippen molar-refractivity contribution in [2.45, 2.75) is 144 Å².